The highest BCUT2D eigenvalue weighted by molar-refractivity contribution is 7.15. The predicted molar refractivity (Wildman–Crippen MR) is 86.0 cm³/mol. The third kappa shape index (κ3) is 3.00. The number of carbonyl (C=O) groups is 1. The Morgan fingerprint density at radius 1 is 1.45 bits per heavy atom. The first-order valence-electron chi connectivity index (χ1n) is 6.50. The van der Waals surface area contributed by atoms with Crippen LogP contribution in [-0.4, -0.2) is 21.5 Å². The second kappa shape index (κ2) is 6.25. The van der Waals surface area contributed by atoms with Gasteiger partial charge in [0.1, 0.15) is 10.5 Å². The highest BCUT2D eigenvalue weighted by atomic mass is 35.5. The monoisotopic (exact) mass is 334 g/mol. The maximum absolute atomic E-state index is 11.3. The fourth-order valence-electron chi connectivity index (χ4n) is 1.76. The molecule has 0 fully saturated rings. The summed E-state index contributed by atoms with van der Waals surface area (Å²) >= 11 is 7.33. The first-order valence-corrected chi connectivity index (χ1v) is 7.69. The van der Waals surface area contributed by atoms with Crippen molar-refractivity contribution in [3.05, 3.63) is 40.3 Å². The van der Waals surface area contributed by atoms with Gasteiger partial charge in [0.2, 0.25) is 11.0 Å². The zero-order chi connectivity index (χ0) is 15.5. The van der Waals surface area contributed by atoms with Crippen LogP contribution in [0.4, 0.5) is 5.13 Å². The minimum absolute atomic E-state index is 0.222. The van der Waals surface area contributed by atoms with Crippen LogP contribution in [0.15, 0.2) is 28.8 Å². The quantitative estimate of drug-likeness (QED) is 0.567. The van der Waals surface area contributed by atoms with E-state index in [-0.39, 0.29) is 11.5 Å². The Morgan fingerprint density at radius 2 is 2.32 bits per heavy atom. The van der Waals surface area contributed by atoms with E-state index in [2.05, 4.69) is 20.5 Å². The Kier molecular flexibility index (Phi) is 4.17. The van der Waals surface area contributed by atoms with E-state index in [1.54, 1.807) is 18.2 Å². The van der Waals surface area contributed by atoms with E-state index in [1.807, 2.05) is 6.92 Å². The zero-order valence-corrected chi connectivity index (χ0v) is 13.1. The molecule has 22 heavy (non-hydrogen) atoms. The molecule has 0 aliphatic rings. The smallest absolute Gasteiger partial charge is 0.232 e. The third-order valence-electron chi connectivity index (χ3n) is 2.84. The summed E-state index contributed by atoms with van der Waals surface area (Å²) in [7, 11) is 0. The molecule has 112 valence electrons. The van der Waals surface area contributed by atoms with Crippen molar-refractivity contribution in [2.75, 3.05) is 5.32 Å². The summed E-state index contributed by atoms with van der Waals surface area (Å²) in [6.45, 7) is 2.00. The number of benzene rings is 1. The number of aryl methyl sites for hydroxylation is 1. The highest BCUT2D eigenvalue weighted by Gasteiger charge is 2.11. The van der Waals surface area contributed by atoms with Gasteiger partial charge in [0.25, 0.3) is 0 Å². The van der Waals surface area contributed by atoms with Crippen molar-refractivity contribution in [3.63, 3.8) is 0 Å². The van der Waals surface area contributed by atoms with Gasteiger partial charge in [-0.2, -0.15) is 0 Å². The number of halogens is 1. The number of anilines is 1. The molecule has 0 bridgehead atoms. The Hall–Kier alpha value is -2.25. The van der Waals surface area contributed by atoms with Gasteiger partial charge < -0.3 is 9.73 Å². The van der Waals surface area contributed by atoms with Gasteiger partial charge in [0, 0.05) is 11.2 Å². The number of oxazole rings is 1. The van der Waals surface area contributed by atoms with Crippen molar-refractivity contribution in [2.24, 2.45) is 0 Å². The van der Waals surface area contributed by atoms with Gasteiger partial charge in [-0.25, -0.2) is 4.98 Å². The van der Waals surface area contributed by atoms with Crippen LogP contribution in [0.1, 0.15) is 17.8 Å². The lowest BCUT2D eigenvalue weighted by Gasteiger charge is -1.95. The molecule has 0 radical (unpaired) electrons. The first kappa shape index (κ1) is 14.7. The maximum Gasteiger partial charge on any atom is 0.232 e. The van der Waals surface area contributed by atoms with Crippen LogP contribution in [-0.2, 0) is 11.2 Å². The van der Waals surface area contributed by atoms with Gasteiger partial charge in [0.05, 0.1) is 5.57 Å². The largest absolute Gasteiger partial charge is 0.436 e. The molecule has 0 atom stereocenters. The van der Waals surface area contributed by atoms with Gasteiger partial charge >= 0.3 is 0 Å². The summed E-state index contributed by atoms with van der Waals surface area (Å²) in [5.41, 5.74) is 1.44. The molecule has 1 N–H and O–H groups in total. The van der Waals surface area contributed by atoms with Crippen LogP contribution in [0.25, 0.3) is 16.7 Å². The van der Waals surface area contributed by atoms with Crippen molar-refractivity contribution < 1.29 is 9.21 Å². The van der Waals surface area contributed by atoms with E-state index < -0.39 is 0 Å². The van der Waals surface area contributed by atoms with E-state index in [1.165, 1.54) is 17.5 Å². The summed E-state index contributed by atoms with van der Waals surface area (Å²) in [5.74, 6) is 0.222. The fourth-order valence-corrected chi connectivity index (χ4v) is 2.58. The topological polar surface area (TPSA) is 80.9 Å². The van der Waals surface area contributed by atoms with Gasteiger partial charge in [0.15, 0.2) is 11.9 Å². The van der Waals surface area contributed by atoms with Crippen LogP contribution in [0, 0.1) is 0 Å². The number of carbonyl (C=O) groups excluding carboxylic acids is 1. The summed E-state index contributed by atoms with van der Waals surface area (Å²) in [5, 5.41) is 13.0. The van der Waals surface area contributed by atoms with Gasteiger partial charge in [-0.15, -0.1) is 10.2 Å². The number of rotatable bonds is 5. The van der Waals surface area contributed by atoms with Crippen LogP contribution in [0.2, 0.25) is 5.02 Å². The van der Waals surface area contributed by atoms with Gasteiger partial charge in [-0.1, -0.05) is 29.9 Å². The third-order valence-corrected chi connectivity index (χ3v) is 4.08. The molecule has 0 spiro atoms. The zero-order valence-electron chi connectivity index (χ0n) is 11.5. The maximum atomic E-state index is 11.3. The predicted octanol–water partition coefficient (Wildman–Crippen LogP) is 3.55. The molecule has 0 saturated heterocycles. The van der Waals surface area contributed by atoms with Crippen LogP contribution >= 0.6 is 22.9 Å². The minimum atomic E-state index is 0.222. The van der Waals surface area contributed by atoms with Crippen LogP contribution in [0.3, 0.4) is 0 Å². The van der Waals surface area contributed by atoms with E-state index >= 15 is 0 Å². The average molecular weight is 335 g/mol. The molecular formula is C14H11ClN4O2S. The highest BCUT2D eigenvalue weighted by Crippen LogP contribution is 2.23. The second-order valence-electron chi connectivity index (χ2n) is 4.35. The van der Waals surface area contributed by atoms with Crippen molar-refractivity contribution in [2.45, 2.75) is 13.3 Å². The summed E-state index contributed by atoms with van der Waals surface area (Å²) < 4.78 is 5.55. The molecule has 2 aromatic heterocycles. The van der Waals surface area contributed by atoms with Crippen molar-refractivity contribution in [1.29, 1.82) is 0 Å². The molecule has 2 heterocycles. The number of nitrogens with one attached hydrogen (secondary N) is 1. The van der Waals surface area contributed by atoms with E-state index in [4.69, 9.17) is 16.0 Å². The summed E-state index contributed by atoms with van der Waals surface area (Å²) in [4.78, 5) is 15.5. The Labute approximate surface area is 134 Å². The molecule has 0 aliphatic carbocycles. The van der Waals surface area contributed by atoms with Crippen molar-refractivity contribution in [1.82, 2.24) is 15.2 Å². The van der Waals surface area contributed by atoms with E-state index in [9.17, 15) is 4.79 Å². The molecule has 0 aliphatic heterocycles. The lowest BCUT2D eigenvalue weighted by molar-refractivity contribution is -0.103. The number of aromatic nitrogens is 3. The number of aldehydes is 1. The number of fused-ring (bicyclic) bond motifs is 1. The fraction of sp³-hybridized carbons (Fsp3) is 0.143. The number of allylic oxidation sites excluding steroid dienone is 1. The molecule has 1 aromatic carbocycles. The normalized spacial score (nSPS) is 11.8. The van der Waals surface area contributed by atoms with Crippen molar-refractivity contribution in [3.8, 4) is 0 Å². The summed E-state index contributed by atoms with van der Waals surface area (Å²) in [6.07, 6.45) is 2.98. The molecule has 3 aromatic rings. The number of hydrogen-bond donors (Lipinski definition) is 1. The van der Waals surface area contributed by atoms with Crippen LogP contribution < -0.4 is 5.32 Å². The average Bonchev–Trinajstić information content (AvgIpc) is 3.14. The van der Waals surface area contributed by atoms with Gasteiger partial charge in [-0.05, 0) is 24.6 Å². The molecule has 0 amide bonds. The number of nitrogens with zero attached hydrogens (tertiary/aromatic N) is 3. The molecular weight excluding hydrogens is 324 g/mol. The van der Waals surface area contributed by atoms with Crippen molar-refractivity contribution >= 4 is 51.0 Å². The standard InChI is InChI=1S/C14H11ClN4O2S/c1-2-12-18-19-14(22-12)16-6-8(7-20)13-17-10-5-9(15)3-4-11(10)21-13/h3-7H,2H2,1H3,(H,16,19)/b8-6-. The Morgan fingerprint density at radius 3 is 3.05 bits per heavy atom. The Balaban J connectivity index is 1.88. The SMILES string of the molecule is CCc1nnc(N/C=C(/C=O)c2nc3cc(Cl)ccc3o2)s1. The van der Waals surface area contributed by atoms with Crippen LogP contribution in [0.5, 0.6) is 0 Å². The molecule has 8 heteroatoms. The second-order valence-corrected chi connectivity index (χ2v) is 5.85. The molecule has 6 nitrogen and oxygen atoms in total. The molecule has 0 saturated carbocycles. The number of hydrogen-bond acceptors (Lipinski definition) is 7. The van der Waals surface area contributed by atoms with Gasteiger partial charge in [-0.3, -0.25) is 4.79 Å². The minimum Gasteiger partial charge on any atom is -0.436 e. The summed E-state index contributed by atoms with van der Waals surface area (Å²) in [6, 6.07) is 5.09. The van der Waals surface area contributed by atoms with E-state index in [0.717, 1.165) is 11.4 Å². The van der Waals surface area contributed by atoms with E-state index in [0.29, 0.717) is 27.5 Å². The first-order chi connectivity index (χ1) is 10.7. The lowest BCUT2D eigenvalue weighted by Crippen LogP contribution is -1.93. The lowest BCUT2D eigenvalue weighted by atomic mass is 10.3. The molecule has 0 unspecified atom stereocenters. The Bertz CT molecular complexity index is 856. The molecule has 3 rings (SSSR count).